The molecule has 0 spiro atoms. The van der Waals surface area contributed by atoms with Gasteiger partial charge in [-0.3, -0.25) is 0 Å². The first-order chi connectivity index (χ1) is 26.8. The highest BCUT2D eigenvalue weighted by atomic mass is 32.2. The van der Waals surface area contributed by atoms with E-state index in [9.17, 15) is 0 Å². The Morgan fingerprint density at radius 3 is 1.64 bits per heavy atom. The molecule has 2 aliphatic carbocycles. The summed E-state index contributed by atoms with van der Waals surface area (Å²) in [7, 11) is 0. The summed E-state index contributed by atoms with van der Waals surface area (Å²) in [6.45, 7) is 9.53. The number of anilines is 6. The monoisotopic (exact) mass is 724 g/mol. The fourth-order valence-electron chi connectivity index (χ4n) is 9.64. The van der Waals surface area contributed by atoms with Crippen LogP contribution < -0.4 is 9.80 Å². The van der Waals surface area contributed by atoms with Crippen molar-refractivity contribution in [2.75, 3.05) is 9.80 Å². The van der Waals surface area contributed by atoms with Gasteiger partial charge in [0.2, 0.25) is 0 Å². The minimum atomic E-state index is -0.216. The molecule has 3 aliphatic rings. The summed E-state index contributed by atoms with van der Waals surface area (Å²) >= 11 is 1.85. The Labute approximate surface area is 327 Å². The second kappa shape index (κ2) is 11.7. The largest absolute Gasteiger partial charge is 0.310 e. The maximum atomic E-state index is 2.49. The zero-order chi connectivity index (χ0) is 37.1. The zero-order valence-corrected chi connectivity index (χ0v) is 32.3. The van der Waals surface area contributed by atoms with Crippen LogP contribution in [0.4, 0.5) is 34.1 Å². The van der Waals surface area contributed by atoms with Crippen LogP contribution in [0.5, 0.6) is 0 Å². The number of nitrogens with zero attached hydrogens (tertiary/aromatic N) is 2. The summed E-state index contributed by atoms with van der Waals surface area (Å²) in [4.78, 5) is 7.50. The standard InChI is InChI=1S/C52H40N2S/c1-51(2)42-18-8-7-17-38(42)39-27-24-34(30-43(39)51)53(46-21-13-15-33-14-5-6-16-37(33)46)35-25-28-40-41-29-26-36(32-45(41)52(3,4)44(40)31-35)54-47-19-9-11-22-49(47)55-50-23-12-10-20-48(50)54/h5-32H,1-4H3. The number of rotatable bonds is 4. The molecule has 1 aliphatic heterocycles. The maximum Gasteiger partial charge on any atom is 0.0601 e. The van der Waals surface area contributed by atoms with Crippen molar-refractivity contribution in [2.24, 2.45) is 0 Å². The van der Waals surface area contributed by atoms with Gasteiger partial charge in [0.15, 0.2) is 0 Å². The minimum absolute atomic E-state index is 0.0975. The van der Waals surface area contributed by atoms with Gasteiger partial charge in [-0.1, -0.05) is 143 Å². The van der Waals surface area contributed by atoms with Crippen molar-refractivity contribution < 1.29 is 0 Å². The van der Waals surface area contributed by atoms with E-state index in [1.807, 2.05) is 11.8 Å². The van der Waals surface area contributed by atoms with Crippen molar-refractivity contribution in [1.82, 2.24) is 0 Å². The molecule has 3 heteroatoms. The zero-order valence-electron chi connectivity index (χ0n) is 31.5. The number of benzene rings is 8. The van der Waals surface area contributed by atoms with E-state index in [0.29, 0.717) is 0 Å². The average Bonchev–Trinajstić information content (AvgIpc) is 3.58. The molecule has 0 bridgehead atoms. The van der Waals surface area contributed by atoms with Crippen molar-refractivity contribution >= 4 is 56.7 Å². The first-order valence-electron chi connectivity index (χ1n) is 19.3. The van der Waals surface area contributed by atoms with E-state index in [1.54, 1.807) is 0 Å². The Morgan fingerprint density at radius 2 is 0.945 bits per heavy atom. The van der Waals surface area contributed by atoms with Gasteiger partial charge < -0.3 is 9.80 Å². The van der Waals surface area contributed by atoms with Gasteiger partial charge >= 0.3 is 0 Å². The molecule has 2 nitrogen and oxygen atoms in total. The molecule has 0 saturated carbocycles. The summed E-state index contributed by atoms with van der Waals surface area (Å²) in [5.74, 6) is 0. The molecule has 0 atom stereocenters. The quantitative estimate of drug-likeness (QED) is 0.178. The molecule has 0 aromatic heterocycles. The maximum absolute atomic E-state index is 2.49. The highest BCUT2D eigenvalue weighted by molar-refractivity contribution is 7.99. The molecular weight excluding hydrogens is 685 g/mol. The van der Waals surface area contributed by atoms with Crippen LogP contribution in [-0.2, 0) is 10.8 Å². The number of hydrogen-bond acceptors (Lipinski definition) is 3. The van der Waals surface area contributed by atoms with E-state index in [4.69, 9.17) is 0 Å². The Bertz CT molecular complexity index is 2830. The molecule has 1 heterocycles. The summed E-state index contributed by atoms with van der Waals surface area (Å²) in [6.07, 6.45) is 0. The van der Waals surface area contributed by atoms with E-state index < -0.39 is 0 Å². The smallest absolute Gasteiger partial charge is 0.0601 e. The second-order valence-electron chi connectivity index (χ2n) is 16.2. The van der Waals surface area contributed by atoms with Crippen molar-refractivity contribution in [1.29, 1.82) is 0 Å². The third kappa shape index (κ3) is 4.69. The minimum Gasteiger partial charge on any atom is -0.310 e. The lowest BCUT2D eigenvalue weighted by atomic mass is 9.81. The molecule has 11 rings (SSSR count). The van der Waals surface area contributed by atoms with Crippen LogP contribution in [0, 0.1) is 0 Å². The Kier molecular flexibility index (Phi) is 6.91. The van der Waals surface area contributed by atoms with E-state index >= 15 is 0 Å². The van der Waals surface area contributed by atoms with Crippen LogP contribution in [0.15, 0.2) is 180 Å². The summed E-state index contributed by atoms with van der Waals surface area (Å²) < 4.78 is 0. The lowest BCUT2D eigenvalue weighted by molar-refractivity contribution is 0.660. The molecule has 55 heavy (non-hydrogen) atoms. The fraction of sp³-hybridized carbons (Fsp3) is 0.115. The van der Waals surface area contributed by atoms with Gasteiger partial charge in [-0.05, 0) is 117 Å². The van der Waals surface area contributed by atoms with Crippen molar-refractivity contribution in [3.63, 3.8) is 0 Å². The Hall–Kier alpha value is -6.03. The molecular formula is C52H40N2S. The van der Waals surface area contributed by atoms with Gasteiger partial charge in [-0.25, -0.2) is 0 Å². The lowest BCUT2D eigenvalue weighted by Crippen LogP contribution is -2.19. The SMILES string of the molecule is CC1(C)c2ccccc2-c2ccc(N(c3ccc4c(c3)C(C)(C)c3cc(N5c6ccccc6Sc6ccccc65)ccc3-4)c3cccc4ccccc34)cc21. The van der Waals surface area contributed by atoms with Crippen LogP contribution in [-0.4, -0.2) is 0 Å². The van der Waals surface area contributed by atoms with E-state index in [1.165, 1.54) is 99.2 Å². The van der Waals surface area contributed by atoms with Gasteiger partial charge in [-0.15, -0.1) is 0 Å². The number of para-hydroxylation sites is 2. The van der Waals surface area contributed by atoms with E-state index in [2.05, 4.69) is 207 Å². The molecule has 8 aromatic rings. The molecule has 0 radical (unpaired) electrons. The van der Waals surface area contributed by atoms with Crippen LogP contribution in [0.2, 0.25) is 0 Å². The highest BCUT2D eigenvalue weighted by Crippen LogP contribution is 2.56. The van der Waals surface area contributed by atoms with Gasteiger partial charge in [-0.2, -0.15) is 0 Å². The molecule has 0 N–H and O–H groups in total. The highest BCUT2D eigenvalue weighted by Gasteiger charge is 2.39. The third-order valence-corrected chi connectivity index (χ3v) is 13.6. The molecule has 264 valence electrons. The van der Waals surface area contributed by atoms with Crippen LogP contribution in [0.25, 0.3) is 33.0 Å². The van der Waals surface area contributed by atoms with Crippen molar-refractivity contribution in [3.8, 4) is 22.3 Å². The van der Waals surface area contributed by atoms with Gasteiger partial charge in [0.25, 0.3) is 0 Å². The first-order valence-corrected chi connectivity index (χ1v) is 20.1. The first kappa shape index (κ1) is 32.4. The van der Waals surface area contributed by atoms with Gasteiger partial charge in [0.05, 0.1) is 17.1 Å². The van der Waals surface area contributed by atoms with Crippen molar-refractivity contribution in [2.45, 2.75) is 48.3 Å². The topological polar surface area (TPSA) is 6.48 Å². The molecule has 8 aromatic carbocycles. The van der Waals surface area contributed by atoms with Gasteiger partial charge in [0.1, 0.15) is 0 Å². The third-order valence-electron chi connectivity index (χ3n) is 12.4. The Balaban J connectivity index is 1.06. The average molecular weight is 725 g/mol. The lowest BCUT2D eigenvalue weighted by Gasteiger charge is -2.33. The summed E-state index contributed by atoms with van der Waals surface area (Å²) in [5.41, 5.74) is 17.7. The number of hydrogen-bond donors (Lipinski definition) is 0. The molecule has 0 fully saturated rings. The van der Waals surface area contributed by atoms with E-state index in [0.717, 1.165) is 0 Å². The molecule has 0 unspecified atom stereocenters. The van der Waals surface area contributed by atoms with Crippen molar-refractivity contribution in [3.05, 3.63) is 192 Å². The molecule has 0 amide bonds. The molecule has 0 saturated heterocycles. The van der Waals surface area contributed by atoms with Crippen LogP contribution in [0.1, 0.15) is 49.9 Å². The second-order valence-corrected chi connectivity index (χ2v) is 17.3. The fourth-order valence-corrected chi connectivity index (χ4v) is 10.7. The Morgan fingerprint density at radius 1 is 0.436 bits per heavy atom. The summed E-state index contributed by atoms with van der Waals surface area (Å²) in [5, 5.41) is 2.47. The van der Waals surface area contributed by atoms with Crippen LogP contribution >= 0.6 is 11.8 Å². The predicted molar refractivity (Wildman–Crippen MR) is 233 cm³/mol. The van der Waals surface area contributed by atoms with E-state index in [-0.39, 0.29) is 10.8 Å². The number of fused-ring (bicyclic) bond motifs is 9. The summed E-state index contributed by atoms with van der Waals surface area (Å²) in [6, 6.07) is 63.3. The van der Waals surface area contributed by atoms with Gasteiger partial charge in [0, 0.05) is 43.1 Å². The van der Waals surface area contributed by atoms with Crippen LogP contribution in [0.3, 0.4) is 0 Å². The normalized spacial score (nSPS) is 15.1. The predicted octanol–water partition coefficient (Wildman–Crippen LogP) is 14.9.